The summed E-state index contributed by atoms with van der Waals surface area (Å²) < 4.78 is 18.2. The van der Waals surface area contributed by atoms with Crippen LogP contribution in [0.4, 0.5) is 4.39 Å². The van der Waals surface area contributed by atoms with Gasteiger partial charge in [0.1, 0.15) is 11.9 Å². The third kappa shape index (κ3) is 4.04. The number of pyridine rings is 1. The summed E-state index contributed by atoms with van der Waals surface area (Å²) in [5.41, 5.74) is 5.11. The number of hydrogen-bond acceptors (Lipinski definition) is 4. The van der Waals surface area contributed by atoms with Crippen LogP contribution in [0.1, 0.15) is 18.4 Å². The minimum Gasteiger partial charge on any atom is -0.349 e. The van der Waals surface area contributed by atoms with Crippen LogP contribution < -0.4 is 5.32 Å². The number of halogens is 1. The minimum atomic E-state index is -0.536. The minimum absolute atomic E-state index is 0.0280. The Hall–Kier alpha value is -4.02. The number of aryl methyl sites for hydroxylation is 2. The van der Waals surface area contributed by atoms with Crippen LogP contribution >= 0.6 is 0 Å². The largest absolute Gasteiger partial charge is 0.349 e. The third-order valence-corrected chi connectivity index (χ3v) is 6.17. The Morgan fingerprint density at radius 1 is 1.03 bits per heavy atom. The summed E-state index contributed by atoms with van der Waals surface area (Å²) in [6.07, 6.45) is 8.53. The zero-order valence-corrected chi connectivity index (χ0v) is 19.2. The number of benzene rings is 2. The average Bonchev–Trinajstić information content (AvgIpc) is 3.60. The van der Waals surface area contributed by atoms with E-state index in [0.717, 1.165) is 38.6 Å². The van der Waals surface area contributed by atoms with Crippen molar-refractivity contribution in [1.82, 2.24) is 24.6 Å². The molecule has 1 fully saturated rings. The number of hydrogen-bond donors (Lipinski definition) is 1. The van der Waals surface area contributed by atoms with Crippen molar-refractivity contribution < 1.29 is 4.39 Å². The molecule has 1 aliphatic rings. The average molecular weight is 453 g/mol. The number of nitrogens with zero attached hydrogens (tertiary/aromatic N) is 5. The first-order valence-corrected chi connectivity index (χ1v) is 11.3. The summed E-state index contributed by atoms with van der Waals surface area (Å²) in [5, 5.41) is 18.7. The van der Waals surface area contributed by atoms with Gasteiger partial charge in [-0.15, -0.1) is 0 Å². The predicted octanol–water partition coefficient (Wildman–Crippen LogP) is 5.17. The summed E-state index contributed by atoms with van der Waals surface area (Å²) in [4.78, 5) is 4.74. The van der Waals surface area contributed by atoms with E-state index in [2.05, 4.69) is 10.4 Å². The molecule has 0 unspecified atom stereocenters. The zero-order chi connectivity index (χ0) is 23.7. The van der Waals surface area contributed by atoms with Gasteiger partial charge in [0.2, 0.25) is 0 Å². The molecule has 0 radical (unpaired) electrons. The lowest BCUT2D eigenvalue weighted by Crippen LogP contribution is -2.03. The smallest absolute Gasteiger partial charge is 0.141 e. The molecule has 1 N–H and O–H groups in total. The summed E-state index contributed by atoms with van der Waals surface area (Å²) in [5.74, 6) is -0.536. The maximum absolute atomic E-state index is 14.4. The van der Waals surface area contributed by atoms with E-state index in [9.17, 15) is 4.39 Å². The summed E-state index contributed by atoms with van der Waals surface area (Å²) in [7, 11) is 3.84. The lowest BCUT2D eigenvalue weighted by molar-refractivity contribution is 0.624. The second-order valence-corrected chi connectivity index (χ2v) is 8.55. The van der Waals surface area contributed by atoms with Crippen molar-refractivity contribution in [3.63, 3.8) is 0 Å². The van der Waals surface area contributed by atoms with Gasteiger partial charge in [0.25, 0.3) is 0 Å². The second-order valence-electron chi connectivity index (χ2n) is 8.55. The Morgan fingerprint density at radius 3 is 2.53 bits per heavy atom. The van der Waals surface area contributed by atoms with Gasteiger partial charge in [-0.05, 0) is 61.8 Å². The van der Waals surface area contributed by atoms with Gasteiger partial charge in [-0.1, -0.05) is 12.1 Å². The summed E-state index contributed by atoms with van der Waals surface area (Å²) in [6, 6.07) is 14.6. The van der Waals surface area contributed by atoms with Gasteiger partial charge in [-0.2, -0.15) is 10.4 Å². The highest BCUT2D eigenvalue weighted by molar-refractivity contribution is 6.02. The Balaban J connectivity index is 0.000000429. The van der Waals surface area contributed by atoms with E-state index < -0.39 is 5.82 Å². The molecule has 1 saturated heterocycles. The van der Waals surface area contributed by atoms with Crippen LogP contribution in [-0.4, -0.2) is 32.4 Å². The molecule has 0 atom stereocenters. The SMILES string of the molecule is C1CCNC1.Cn1cc2cc(-c3ncc4c(ccn4C)c3-c3ccc(C#N)c(F)c3)ccc2n1. The fraction of sp³-hybridized carbons (Fsp3) is 0.222. The van der Waals surface area contributed by atoms with Crippen LogP contribution in [0.5, 0.6) is 0 Å². The summed E-state index contributed by atoms with van der Waals surface area (Å²) >= 11 is 0. The Kier molecular flexibility index (Phi) is 5.83. The Labute approximate surface area is 197 Å². The molecule has 1 aliphatic heterocycles. The maximum Gasteiger partial charge on any atom is 0.141 e. The first kappa shape index (κ1) is 21.8. The number of rotatable bonds is 2. The molecule has 7 heteroatoms. The van der Waals surface area contributed by atoms with Gasteiger partial charge >= 0.3 is 0 Å². The molecule has 34 heavy (non-hydrogen) atoms. The molecular formula is C27H25FN6. The molecule has 0 saturated carbocycles. The van der Waals surface area contributed by atoms with Crippen LogP contribution in [0.2, 0.25) is 0 Å². The predicted molar refractivity (Wildman–Crippen MR) is 133 cm³/mol. The van der Waals surface area contributed by atoms with Crippen LogP contribution in [0.15, 0.2) is 61.1 Å². The standard InChI is InChI=1S/C23H16FN5.C4H9N/c1-28-8-7-18-21(28)12-26-23(15-5-6-20-17(9-15)13-29(2)27-20)22(18)14-3-4-16(11-25)19(24)10-14;1-2-4-5-3-1/h3-10,12-13H,1-2H3;5H,1-4H2. The molecule has 4 heterocycles. The molecule has 3 aromatic heterocycles. The van der Waals surface area contributed by atoms with Crippen LogP contribution in [0.3, 0.4) is 0 Å². The molecule has 2 aromatic carbocycles. The van der Waals surface area contributed by atoms with Crippen molar-refractivity contribution in [2.75, 3.05) is 13.1 Å². The molecule has 0 amide bonds. The van der Waals surface area contributed by atoms with E-state index in [-0.39, 0.29) is 5.56 Å². The lowest BCUT2D eigenvalue weighted by Gasteiger charge is -2.12. The van der Waals surface area contributed by atoms with Gasteiger partial charge < -0.3 is 9.88 Å². The summed E-state index contributed by atoms with van der Waals surface area (Å²) in [6.45, 7) is 2.50. The molecule has 0 aliphatic carbocycles. The number of nitriles is 1. The van der Waals surface area contributed by atoms with Crippen molar-refractivity contribution in [3.05, 3.63) is 72.4 Å². The quantitative estimate of drug-likeness (QED) is 0.401. The van der Waals surface area contributed by atoms with Crippen LogP contribution in [-0.2, 0) is 14.1 Å². The van der Waals surface area contributed by atoms with Crippen molar-refractivity contribution in [1.29, 1.82) is 5.26 Å². The Morgan fingerprint density at radius 2 is 1.82 bits per heavy atom. The molecule has 6 nitrogen and oxygen atoms in total. The topological polar surface area (TPSA) is 71.5 Å². The van der Waals surface area contributed by atoms with E-state index in [1.807, 2.05) is 67.6 Å². The van der Waals surface area contributed by atoms with E-state index in [0.29, 0.717) is 5.56 Å². The highest BCUT2D eigenvalue weighted by Gasteiger charge is 2.17. The number of nitrogens with one attached hydrogen (secondary N) is 1. The number of fused-ring (bicyclic) bond motifs is 2. The van der Waals surface area contributed by atoms with Crippen LogP contribution in [0, 0.1) is 17.1 Å². The van der Waals surface area contributed by atoms with Gasteiger partial charge in [0, 0.05) is 48.4 Å². The van der Waals surface area contributed by atoms with Gasteiger partial charge in [-0.25, -0.2) is 4.39 Å². The molecular weight excluding hydrogens is 427 g/mol. The molecule has 170 valence electrons. The van der Waals surface area contributed by atoms with Gasteiger partial charge in [-0.3, -0.25) is 9.67 Å². The lowest BCUT2D eigenvalue weighted by atomic mass is 9.95. The van der Waals surface area contributed by atoms with E-state index >= 15 is 0 Å². The highest BCUT2D eigenvalue weighted by Crippen LogP contribution is 2.38. The first-order chi connectivity index (χ1) is 16.5. The van der Waals surface area contributed by atoms with E-state index in [1.54, 1.807) is 10.7 Å². The van der Waals surface area contributed by atoms with Crippen molar-refractivity contribution >= 4 is 21.8 Å². The molecule has 6 rings (SSSR count). The van der Waals surface area contributed by atoms with E-state index in [1.165, 1.54) is 38.1 Å². The van der Waals surface area contributed by atoms with Crippen molar-refractivity contribution in [3.8, 4) is 28.5 Å². The third-order valence-electron chi connectivity index (χ3n) is 6.17. The monoisotopic (exact) mass is 452 g/mol. The maximum atomic E-state index is 14.4. The van der Waals surface area contributed by atoms with Gasteiger partial charge in [0.05, 0.1) is 28.5 Å². The zero-order valence-electron chi connectivity index (χ0n) is 19.2. The normalized spacial score (nSPS) is 13.1. The molecule has 0 bridgehead atoms. The highest BCUT2D eigenvalue weighted by atomic mass is 19.1. The number of aromatic nitrogens is 4. The molecule has 0 spiro atoms. The first-order valence-electron chi connectivity index (χ1n) is 11.3. The van der Waals surface area contributed by atoms with Crippen molar-refractivity contribution in [2.45, 2.75) is 12.8 Å². The fourth-order valence-corrected chi connectivity index (χ4v) is 4.43. The van der Waals surface area contributed by atoms with Gasteiger partial charge in [0.15, 0.2) is 0 Å². The fourth-order valence-electron chi connectivity index (χ4n) is 4.43. The molecule has 5 aromatic rings. The van der Waals surface area contributed by atoms with Crippen LogP contribution in [0.25, 0.3) is 44.2 Å². The second kappa shape index (κ2) is 9.08. The Bertz CT molecular complexity index is 1530. The van der Waals surface area contributed by atoms with E-state index in [4.69, 9.17) is 10.2 Å². The van der Waals surface area contributed by atoms with Crippen molar-refractivity contribution in [2.24, 2.45) is 14.1 Å².